The summed E-state index contributed by atoms with van der Waals surface area (Å²) in [5.74, 6) is -0.420. The van der Waals surface area contributed by atoms with Crippen LogP contribution in [0, 0.1) is 0 Å². The molecule has 3 N–H and O–H groups in total. The van der Waals surface area contributed by atoms with Gasteiger partial charge in [0.15, 0.2) is 0 Å². The SMILES string of the molecule is COc1ccccc1C1(O)CCC(N(C(=O)CNC(=O)c2cccc(C(F)(F)F)c2)C2CNC2)CC1. The number of ether oxygens (including phenoxy) is 1. The number of hydrogen-bond donors (Lipinski definition) is 3. The van der Waals surface area contributed by atoms with Crippen LogP contribution in [0.25, 0.3) is 0 Å². The summed E-state index contributed by atoms with van der Waals surface area (Å²) < 4.78 is 44.3. The van der Waals surface area contributed by atoms with Crippen LogP contribution in [0.1, 0.15) is 47.2 Å². The van der Waals surface area contributed by atoms with E-state index in [2.05, 4.69) is 10.6 Å². The molecule has 1 aliphatic heterocycles. The number of benzene rings is 2. The Kier molecular flexibility index (Phi) is 7.56. The standard InChI is InChI=1S/C26H30F3N3O4/c1-36-22-8-3-2-7-21(22)25(35)11-9-19(10-12-25)32(20-14-30-15-20)23(33)16-31-24(34)17-5-4-6-18(13-17)26(27,28)29/h2-8,13,19-20,30,35H,9-12,14-16H2,1H3,(H,31,34). The van der Waals surface area contributed by atoms with E-state index in [9.17, 15) is 27.9 Å². The average Bonchev–Trinajstić information content (AvgIpc) is 2.84. The van der Waals surface area contributed by atoms with Crippen LogP contribution in [0.4, 0.5) is 13.2 Å². The smallest absolute Gasteiger partial charge is 0.416 e. The number of carbonyl (C=O) groups excluding carboxylic acids is 2. The molecular weight excluding hydrogens is 475 g/mol. The van der Waals surface area contributed by atoms with Crippen molar-refractivity contribution in [3.05, 3.63) is 65.2 Å². The number of nitrogens with zero attached hydrogens (tertiary/aromatic N) is 1. The lowest BCUT2D eigenvalue weighted by Crippen LogP contribution is -2.63. The minimum absolute atomic E-state index is 0.0367. The molecule has 0 aromatic heterocycles. The third-order valence-corrected chi connectivity index (χ3v) is 7.08. The fourth-order valence-corrected chi connectivity index (χ4v) is 5.02. The minimum Gasteiger partial charge on any atom is -0.496 e. The van der Waals surface area contributed by atoms with Gasteiger partial charge < -0.3 is 25.4 Å². The molecule has 2 fully saturated rings. The van der Waals surface area contributed by atoms with Crippen molar-refractivity contribution < 1.29 is 32.6 Å². The van der Waals surface area contributed by atoms with Gasteiger partial charge in [0.05, 0.1) is 30.9 Å². The molecule has 1 saturated carbocycles. The molecule has 0 atom stereocenters. The van der Waals surface area contributed by atoms with Crippen LogP contribution in [0.15, 0.2) is 48.5 Å². The van der Waals surface area contributed by atoms with E-state index in [4.69, 9.17) is 4.74 Å². The first-order valence-electron chi connectivity index (χ1n) is 12.0. The number of hydrogen-bond acceptors (Lipinski definition) is 5. The maximum absolute atomic E-state index is 13.2. The third kappa shape index (κ3) is 5.49. The monoisotopic (exact) mass is 505 g/mol. The normalized spacial score (nSPS) is 22.4. The molecule has 0 spiro atoms. The van der Waals surface area contributed by atoms with Crippen molar-refractivity contribution in [2.24, 2.45) is 0 Å². The van der Waals surface area contributed by atoms with Crippen LogP contribution in [-0.2, 0) is 16.6 Å². The van der Waals surface area contributed by atoms with E-state index in [-0.39, 0.29) is 30.1 Å². The highest BCUT2D eigenvalue weighted by Crippen LogP contribution is 2.42. The highest BCUT2D eigenvalue weighted by molar-refractivity contribution is 5.96. The summed E-state index contributed by atoms with van der Waals surface area (Å²) in [6.45, 7) is 0.931. The highest BCUT2D eigenvalue weighted by atomic mass is 19.4. The fourth-order valence-electron chi connectivity index (χ4n) is 5.02. The van der Waals surface area contributed by atoms with E-state index >= 15 is 0 Å². The van der Waals surface area contributed by atoms with Crippen molar-refractivity contribution in [2.75, 3.05) is 26.7 Å². The van der Waals surface area contributed by atoms with Crippen molar-refractivity contribution in [1.82, 2.24) is 15.5 Å². The van der Waals surface area contributed by atoms with Crippen molar-refractivity contribution in [3.8, 4) is 5.75 Å². The number of carbonyl (C=O) groups is 2. The Morgan fingerprint density at radius 3 is 2.42 bits per heavy atom. The van der Waals surface area contributed by atoms with Gasteiger partial charge in [-0.25, -0.2) is 0 Å². The lowest BCUT2D eigenvalue weighted by atomic mass is 9.76. The molecule has 2 aromatic rings. The predicted molar refractivity (Wildman–Crippen MR) is 126 cm³/mol. The Morgan fingerprint density at radius 1 is 1.11 bits per heavy atom. The van der Waals surface area contributed by atoms with Crippen LogP contribution in [-0.4, -0.2) is 60.6 Å². The van der Waals surface area contributed by atoms with Crippen LogP contribution in [0.3, 0.4) is 0 Å². The first-order valence-corrected chi connectivity index (χ1v) is 12.0. The molecule has 0 radical (unpaired) electrons. The zero-order chi connectivity index (χ0) is 25.9. The molecule has 2 amide bonds. The van der Waals surface area contributed by atoms with E-state index in [1.54, 1.807) is 12.0 Å². The Hall–Kier alpha value is -3.11. The predicted octanol–water partition coefficient (Wildman–Crippen LogP) is 3.07. The number of para-hydroxylation sites is 1. The van der Waals surface area contributed by atoms with Crippen LogP contribution in [0.5, 0.6) is 5.75 Å². The molecule has 1 saturated heterocycles. The van der Waals surface area contributed by atoms with Crippen molar-refractivity contribution in [2.45, 2.75) is 49.5 Å². The van der Waals surface area contributed by atoms with Gasteiger partial charge in [-0.3, -0.25) is 9.59 Å². The number of nitrogens with one attached hydrogen (secondary N) is 2. The number of rotatable bonds is 7. The Morgan fingerprint density at radius 2 is 1.81 bits per heavy atom. The van der Waals surface area contributed by atoms with Crippen molar-refractivity contribution in [1.29, 1.82) is 0 Å². The zero-order valence-electron chi connectivity index (χ0n) is 20.0. The van der Waals surface area contributed by atoms with Gasteiger partial charge in [0.25, 0.3) is 5.91 Å². The van der Waals surface area contributed by atoms with Crippen molar-refractivity contribution >= 4 is 11.8 Å². The topological polar surface area (TPSA) is 90.9 Å². The highest BCUT2D eigenvalue weighted by Gasteiger charge is 2.42. The maximum atomic E-state index is 13.2. The van der Waals surface area contributed by atoms with E-state index < -0.39 is 23.2 Å². The van der Waals surface area contributed by atoms with Gasteiger partial charge in [0, 0.05) is 30.3 Å². The summed E-state index contributed by atoms with van der Waals surface area (Å²) in [4.78, 5) is 27.4. The summed E-state index contributed by atoms with van der Waals surface area (Å²) in [6.07, 6.45) is -2.54. The maximum Gasteiger partial charge on any atom is 0.416 e. The van der Waals surface area contributed by atoms with Gasteiger partial charge in [-0.2, -0.15) is 13.2 Å². The van der Waals surface area contributed by atoms with E-state index in [1.165, 1.54) is 6.07 Å². The number of aliphatic hydroxyl groups is 1. The summed E-state index contributed by atoms with van der Waals surface area (Å²) in [5, 5.41) is 17.0. The first kappa shape index (κ1) is 26.0. The molecule has 10 heteroatoms. The summed E-state index contributed by atoms with van der Waals surface area (Å²) in [5.41, 5.74) is -1.42. The van der Waals surface area contributed by atoms with Crippen LogP contribution >= 0.6 is 0 Å². The third-order valence-electron chi connectivity index (χ3n) is 7.08. The first-order chi connectivity index (χ1) is 17.1. The lowest BCUT2D eigenvalue weighted by Gasteiger charge is -2.47. The number of amides is 2. The summed E-state index contributed by atoms with van der Waals surface area (Å²) >= 11 is 0. The molecule has 0 bridgehead atoms. The molecule has 4 rings (SSSR count). The van der Waals surface area contributed by atoms with E-state index in [1.807, 2.05) is 24.3 Å². The molecule has 2 aromatic carbocycles. The Bertz CT molecular complexity index is 1100. The van der Waals surface area contributed by atoms with Gasteiger partial charge in [-0.05, 0) is 49.9 Å². The summed E-state index contributed by atoms with van der Waals surface area (Å²) in [6, 6.07) is 11.3. The van der Waals surface area contributed by atoms with Crippen LogP contribution in [0.2, 0.25) is 0 Å². The molecule has 7 nitrogen and oxygen atoms in total. The van der Waals surface area contributed by atoms with E-state index in [0.29, 0.717) is 44.5 Å². The van der Waals surface area contributed by atoms with E-state index in [0.717, 1.165) is 23.8 Å². The van der Waals surface area contributed by atoms with Gasteiger partial charge in [0.1, 0.15) is 5.75 Å². The van der Waals surface area contributed by atoms with Crippen LogP contribution < -0.4 is 15.4 Å². The van der Waals surface area contributed by atoms with Crippen molar-refractivity contribution in [3.63, 3.8) is 0 Å². The number of alkyl halides is 3. The number of methoxy groups -OCH3 is 1. The Balaban J connectivity index is 1.41. The molecule has 36 heavy (non-hydrogen) atoms. The lowest BCUT2D eigenvalue weighted by molar-refractivity contribution is -0.139. The van der Waals surface area contributed by atoms with Gasteiger partial charge >= 0.3 is 6.18 Å². The molecule has 2 aliphatic rings. The zero-order valence-corrected chi connectivity index (χ0v) is 20.0. The molecular formula is C26H30F3N3O4. The molecule has 0 unspecified atom stereocenters. The quantitative estimate of drug-likeness (QED) is 0.538. The molecule has 1 aliphatic carbocycles. The second-order valence-corrected chi connectivity index (χ2v) is 9.34. The largest absolute Gasteiger partial charge is 0.496 e. The molecule has 194 valence electrons. The fraction of sp³-hybridized carbons (Fsp3) is 0.462. The van der Waals surface area contributed by atoms with Gasteiger partial charge in [0.2, 0.25) is 5.91 Å². The second-order valence-electron chi connectivity index (χ2n) is 9.34. The summed E-state index contributed by atoms with van der Waals surface area (Å²) in [7, 11) is 1.56. The number of halogens is 3. The minimum atomic E-state index is -4.56. The molecule has 1 heterocycles. The van der Waals surface area contributed by atoms with Gasteiger partial charge in [-0.1, -0.05) is 24.3 Å². The van der Waals surface area contributed by atoms with Gasteiger partial charge in [-0.15, -0.1) is 0 Å². The Labute approximate surface area is 207 Å². The average molecular weight is 506 g/mol. The second kappa shape index (κ2) is 10.5.